The van der Waals surface area contributed by atoms with Gasteiger partial charge < -0.3 is 10.1 Å². The van der Waals surface area contributed by atoms with E-state index in [-0.39, 0.29) is 16.9 Å². The van der Waals surface area contributed by atoms with Crippen molar-refractivity contribution >= 4 is 35.0 Å². The minimum absolute atomic E-state index is 0.122. The molecule has 0 unspecified atom stereocenters. The monoisotopic (exact) mass is 447 g/mol. The molecule has 0 radical (unpaired) electrons. The lowest BCUT2D eigenvalue weighted by Crippen LogP contribution is -2.21. The zero-order valence-electron chi connectivity index (χ0n) is 16.9. The molecule has 0 aliphatic carbocycles. The van der Waals surface area contributed by atoms with E-state index in [1.807, 2.05) is 0 Å². The average Bonchev–Trinajstić information content (AvgIpc) is 2.79. The van der Waals surface area contributed by atoms with Gasteiger partial charge in [-0.25, -0.2) is 4.79 Å². The van der Waals surface area contributed by atoms with Crippen molar-refractivity contribution in [2.45, 2.75) is 16.7 Å². The number of nitro benzene ring substituents is 1. The van der Waals surface area contributed by atoms with Gasteiger partial charge in [-0.1, -0.05) is 42.1 Å². The number of esters is 1. The van der Waals surface area contributed by atoms with Crippen molar-refractivity contribution < 1.29 is 19.2 Å². The number of amides is 1. The van der Waals surface area contributed by atoms with E-state index in [1.54, 1.807) is 48.5 Å². The highest BCUT2D eigenvalue weighted by Crippen LogP contribution is 2.33. The van der Waals surface area contributed by atoms with Crippen molar-refractivity contribution in [2.24, 2.45) is 0 Å². The van der Waals surface area contributed by atoms with Gasteiger partial charge in [0.2, 0.25) is 0 Å². The molecule has 0 bridgehead atoms. The molecule has 3 rings (SSSR count). The van der Waals surface area contributed by atoms with Crippen LogP contribution in [0.25, 0.3) is 0 Å². The lowest BCUT2D eigenvalue weighted by molar-refractivity contribution is -0.385. The summed E-state index contributed by atoms with van der Waals surface area (Å²) in [5.41, 5.74) is 1.18. The maximum Gasteiger partial charge on any atom is 0.339 e. The van der Waals surface area contributed by atoms with E-state index >= 15 is 0 Å². The fourth-order valence-electron chi connectivity index (χ4n) is 2.84. The summed E-state index contributed by atoms with van der Waals surface area (Å²) in [5, 5.41) is 22.8. The van der Waals surface area contributed by atoms with Crippen LogP contribution in [-0.2, 0) is 9.53 Å². The van der Waals surface area contributed by atoms with Crippen LogP contribution >= 0.6 is 11.8 Å². The number of benzene rings is 3. The van der Waals surface area contributed by atoms with Gasteiger partial charge in [0.25, 0.3) is 11.6 Å². The standard InChI is InChI=1S/C23H17N3O5S/c1-15-18(9-6-10-19(15)26(29)30)25-22(27)14-31-23(28)17-8-3-5-12-21(17)32-20-11-4-2-7-16(20)13-24/h2-12H,14H2,1H3,(H,25,27). The maximum atomic E-state index is 12.6. The van der Waals surface area contributed by atoms with Crippen LogP contribution in [0.15, 0.2) is 76.5 Å². The van der Waals surface area contributed by atoms with Crippen molar-refractivity contribution in [2.75, 3.05) is 11.9 Å². The van der Waals surface area contributed by atoms with E-state index in [1.165, 1.54) is 36.9 Å². The van der Waals surface area contributed by atoms with Crippen molar-refractivity contribution in [3.8, 4) is 6.07 Å². The van der Waals surface area contributed by atoms with Crippen LogP contribution in [-0.4, -0.2) is 23.4 Å². The fraction of sp³-hybridized carbons (Fsp3) is 0.0870. The Morgan fingerprint density at radius 2 is 1.75 bits per heavy atom. The molecule has 3 aromatic rings. The molecule has 8 nitrogen and oxygen atoms in total. The van der Waals surface area contributed by atoms with Crippen LogP contribution in [0.1, 0.15) is 21.5 Å². The molecule has 1 amide bonds. The number of rotatable bonds is 7. The molecule has 0 spiro atoms. The van der Waals surface area contributed by atoms with E-state index in [0.717, 1.165) is 0 Å². The molecule has 3 aromatic carbocycles. The summed E-state index contributed by atoms with van der Waals surface area (Å²) in [6.45, 7) is 0.959. The second-order valence-corrected chi connectivity index (χ2v) is 7.62. The van der Waals surface area contributed by atoms with Gasteiger partial charge in [-0.05, 0) is 37.3 Å². The summed E-state index contributed by atoms with van der Waals surface area (Å²) in [6, 6.07) is 20.2. The first-order valence-electron chi connectivity index (χ1n) is 9.37. The zero-order chi connectivity index (χ0) is 23.1. The third-order valence-corrected chi connectivity index (χ3v) is 5.60. The van der Waals surface area contributed by atoms with Crippen molar-refractivity contribution in [1.82, 2.24) is 0 Å². The van der Waals surface area contributed by atoms with Crippen LogP contribution in [0.2, 0.25) is 0 Å². The van der Waals surface area contributed by atoms with Crippen molar-refractivity contribution in [1.29, 1.82) is 5.26 Å². The van der Waals surface area contributed by atoms with Gasteiger partial charge in [0.05, 0.1) is 27.3 Å². The summed E-state index contributed by atoms with van der Waals surface area (Å²) >= 11 is 1.25. The molecule has 0 saturated carbocycles. The number of nitro groups is 1. The van der Waals surface area contributed by atoms with E-state index < -0.39 is 23.4 Å². The lowest BCUT2D eigenvalue weighted by atomic mass is 10.1. The highest BCUT2D eigenvalue weighted by molar-refractivity contribution is 7.99. The third-order valence-electron chi connectivity index (χ3n) is 4.44. The number of nitriles is 1. The maximum absolute atomic E-state index is 12.6. The lowest BCUT2D eigenvalue weighted by Gasteiger charge is -2.11. The summed E-state index contributed by atoms with van der Waals surface area (Å²) < 4.78 is 5.15. The number of hydrogen-bond donors (Lipinski definition) is 1. The molecule has 0 heterocycles. The number of nitrogens with one attached hydrogen (secondary N) is 1. The van der Waals surface area contributed by atoms with E-state index in [9.17, 15) is 25.0 Å². The Hall–Kier alpha value is -4.16. The molecule has 160 valence electrons. The normalized spacial score (nSPS) is 10.1. The number of hydrogen-bond acceptors (Lipinski definition) is 7. The number of ether oxygens (including phenoxy) is 1. The van der Waals surface area contributed by atoms with Gasteiger partial charge in [0.1, 0.15) is 6.07 Å². The third kappa shape index (κ3) is 5.30. The second-order valence-electron chi connectivity index (χ2n) is 6.54. The van der Waals surface area contributed by atoms with Gasteiger partial charge in [-0.3, -0.25) is 14.9 Å². The number of carbonyl (C=O) groups is 2. The van der Waals surface area contributed by atoms with Crippen LogP contribution in [0.4, 0.5) is 11.4 Å². The predicted octanol–water partition coefficient (Wildman–Crippen LogP) is 4.72. The summed E-state index contributed by atoms with van der Waals surface area (Å²) in [7, 11) is 0. The van der Waals surface area contributed by atoms with E-state index in [4.69, 9.17) is 4.74 Å². The van der Waals surface area contributed by atoms with Crippen LogP contribution < -0.4 is 5.32 Å². The molecule has 1 N–H and O–H groups in total. The highest BCUT2D eigenvalue weighted by atomic mass is 32.2. The Labute approximate surface area is 188 Å². The van der Waals surface area contributed by atoms with Crippen LogP contribution in [0.5, 0.6) is 0 Å². The first kappa shape index (κ1) is 22.5. The average molecular weight is 447 g/mol. The van der Waals surface area contributed by atoms with Crippen LogP contribution in [0, 0.1) is 28.4 Å². The molecule has 0 saturated heterocycles. The van der Waals surface area contributed by atoms with Gasteiger partial charge in [0, 0.05) is 15.9 Å². The summed E-state index contributed by atoms with van der Waals surface area (Å²) in [5.74, 6) is -1.32. The molecule has 0 aliphatic heterocycles. The Morgan fingerprint density at radius 1 is 1.06 bits per heavy atom. The second kappa shape index (κ2) is 10.2. The SMILES string of the molecule is Cc1c(NC(=O)COC(=O)c2ccccc2Sc2ccccc2C#N)cccc1[N+](=O)[O-]. The van der Waals surface area contributed by atoms with Gasteiger partial charge >= 0.3 is 5.97 Å². The molecule has 0 atom stereocenters. The summed E-state index contributed by atoms with van der Waals surface area (Å²) in [4.78, 5) is 36.6. The summed E-state index contributed by atoms with van der Waals surface area (Å²) in [6.07, 6.45) is 0. The van der Waals surface area contributed by atoms with Crippen molar-refractivity contribution in [3.63, 3.8) is 0 Å². The highest BCUT2D eigenvalue weighted by Gasteiger charge is 2.18. The minimum atomic E-state index is -0.701. The molecule has 9 heteroatoms. The topological polar surface area (TPSA) is 122 Å². The van der Waals surface area contributed by atoms with Gasteiger partial charge in [0.15, 0.2) is 6.61 Å². The molecular weight excluding hydrogens is 430 g/mol. The van der Waals surface area contributed by atoms with Gasteiger partial charge in [-0.2, -0.15) is 5.26 Å². The number of anilines is 1. The Morgan fingerprint density at radius 3 is 2.47 bits per heavy atom. The fourth-order valence-corrected chi connectivity index (χ4v) is 3.86. The molecule has 0 aromatic heterocycles. The molecule has 32 heavy (non-hydrogen) atoms. The van der Waals surface area contributed by atoms with Crippen molar-refractivity contribution in [3.05, 3.63) is 93.5 Å². The molecule has 0 aliphatic rings. The van der Waals surface area contributed by atoms with Crippen LogP contribution in [0.3, 0.4) is 0 Å². The molecule has 0 fully saturated rings. The molecular formula is C23H17N3O5S. The predicted molar refractivity (Wildman–Crippen MR) is 118 cm³/mol. The first-order chi connectivity index (χ1) is 15.4. The number of nitrogens with zero attached hydrogens (tertiary/aromatic N) is 2. The Kier molecular flexibility index (Phi) is 7.21. The largest absolute Gasteiger partial charge is 0.452 e. The number of carbonyl (C=O) groups excluding carboxylic acids is 2. The smallest absolute Gasteiger partial charge is 0.339 e. The first-order valence-corrected chi connectivity index (χ1v) is 10.2. The Bertz CT molecular complexity index is 1240. The quantitative estimate of drug-likeness (QED) is 0.316. The minimum Gasteiger partial charge on any atom is -0.452 e. The Balaban J connectivity index is 1.68. The van der Waals surface area contributed by atoms with Gasteiger partial charge in [-0.15, -0.1) is 0 Å². The zero-order valence-corrected chi connectivity index (χ0v) is 17.7. The van der Waals surface area contributed by atoms with E-state index in [2.05, 4.69) is 11.4 Å². The van der Waals surface area contributed by atoms with E-state index in [0.29, 0.717) is 20.9 Å².